The molecule has 0 aliphatic rings. The molecule has 0 amide bonds. The van der Waals surface area contributed by atoms with Crippen molar-refractivity contribution in [2.45, 2.75) is 13.8 Å². The zero-order valence-corrected chi connectivity index (χ0v) is 12.6. The SMILES string of the molecule is C/C(=N/Nc1ccc(Cl)c(C(=O)O)c1)c1cn(C)nc1C. The number of hydrogen-bond acceptors (Lipinski definition) is 4. The Labute approximate surface area is 127 Å². The quantitative estimate of drug-likeness (QED) is 0.672. The van der Waals surface area contributed by atoms with E-state index in [-0.39, 0.29) is 10.6 Å². The molecule has 2 aromatic rings. The Morgan fingerprint density at radius 1 is 1.43 bits per heavy atom. The van der Waals surface area contributed by atoms with Crippen molar-refractivity contribution in [3.8, 4) is 0 Å². The molecule has 0 saturated carbocycles. The maximum atomic E-state index is 11.0. The van der Waals surface area contributed by atoms with E-state index in [1.807, 2.05) is 27.1 Å². The molecule has 1 heterocycles. The maximum Gasteiger partial charge on any atom is 0.337 e. The molecule has 0 saturated heterocycles. The fourth-order valence-corrected chi connectivity index (χ4v) is 2.12. The average Bonchev–Trinajstić information content (AvgIpc) is 2.76. The van der Waals surface area contributed by atoms with Gasteiger partial charge in [-0.05, 0) is 32.0 Å². The van der Waals surface area contributed by atoms with Crippen molar-refractivity contribution in [1.29, 1.82) is 0 Å². The first kappa shape index (κ1) is 15.1. The Hall–Kier alpha value is -2.34. The van der Waals surface area contributed by atoms with E-state index in [0.29, 0.717) is 5.69 Å². The number of rotatable bonds is 4. The third-order valence-corrected chi connectivity index (χ3v) is 3.28. The molecule has 7 heteroatoms. The van der Waals surface area contributed by atoms with Gasteiger partial charge in [-0.25, -0.2) is 4.79 Å². The van der Waals surface area contributed by atoms with Crippen LogP contribution < -0.4 is 5.43 Å². The number of anilines is 1. The summed E-state index contributed by atoms with van der Waals surface area (Å²) in [6.45, 7) is 3.75. The number of benzene rings is 1. The van der Waals surface area contributed by atoms with E-state index in [2.05, 4.69) is 15.6 Å². The molecule has 0 fully saturated rings. The first-order chi connectivity index (χ1) is 9.88. The number of hydrogen-bond donors (Lipinski definition) is 2. The van der Waals surface area contributed by atoms with E-state index < -0.39 is 5.97 Å². The van der Waals surface area contributed by atoms with Gasteiger partial charge in [0.25, 0.3) is 0 Å². The lowest BCUT2D eigenvalue weighted by atomic mass is 10.2. The number of aryl methyl sites for hydroxylation is 2. The summed E-state index contributed by atoms with van der Waals surface area (Å²) in [7, 11) is 1.84. The van der Waals surface area contributed by atoms with Crippen LogP contribution in [0.5, 0.6) is 0 Å². The van der Waals surface area contributed by atoms with Crippen LogP contribution in [0.1, 0.15) is 28.5 Å². The van der Waals surface area contributed by atoms with Crippen LogP contribution in [-0.4, -0.2) is 26.6 Å². The zero-order chi connectivity index (χ0) is 15.6. The van der Waals surface area contributed by atoms with Gasteiger partial charge in [-0.3, -0.25) is 10.1 Å². The Balaban J connectivity index is 2.23. The minimum atomic E-state index is -1.08. The topological polar surface area (TPSA) is 79.5 Å². The van der Waals surface area contributed by atoms with E-state index >= 15 is 0 Å². The summed E-state index contributed by atoms with van der Waals surface area (Å²) >= 11 is 5.82. The van der Waals surface area contributed by atoms with Crippen molar-refractivity contribution >= 4 is 29.0 Å². The van der Waals surface area contributed by atoms with Crippen molar-refractivity contribution in [2.75, 3.05) is 5.43 Å². The lowest BCUT2D eigenvalue weighted by Gasteiger charge is -2.05. The van der Waals surface area contributed by atoms with Crippen molar-refractivity contribution in [3.05, 3.63) is 46.2 Å². The largest absolute Gasteiger partial charge is 0.478 e. The highest BCUT2D eigenvalue weighted by atomic mass is 35.5. The van der Waals surface area contributed by atoms with Crippen LogP contribution in [0.15, 0.2) is 29.5 Å². The predicted octanol–water partition coefficient (Wildman–Crippen LogP) is 2.92. The first-order valence-corrected chi connectivity index (χ1v) is 6.60. The van der Waals surface area contributed by atoms with E-state index in [1.54, 1.807) is 10.7 Å². The molecular weight excluding hydrogens is 292 g/mol. The fraction of sp³-hybridized carbons (Fsp3) is 0.214. The highest BCUT2D eigenvalue weighted by Crippen LogP contribution is 2.20. The van der Waals surface area contributed by atoms with Crippen LogP contribution in [-0.2, 0) is 7.05 Å². The van der Waals surface area contributed by atoms with E-state index in [0.717, 1.165) is 17.0 Å². The van der Waals surface area contributed by atoms with Gasteiger partial charge in [0.05, 0.1) is 27.7 Å². The average molecular weight is 307 g/mol. The Bertz CT molecular complexity index is 722. The first-order valence-electron chi connectivity index (χ1n) is 6.22. The van der Waals surface area contributed by atoms with Gasteiger partial charge in [0.1, 0.15) is 0 Å². The molecule has 2 N–H and O–H groups in total. The second-order valence-corrected chi connectivity index (χ2v) is 5.02. The van der Waals surface area contributed by atoms with Gasteiger partial charge in [0.15, 0.2) is 0 Å². The molecule has 110 valence electrons. The molecule has 0 aliphatic heterocycles. The molecule has 0 spiro atoms. The van der Waals surface area contributed by atoms with E-state index in [9.17, 15) is 4.79 Å². The monoisotopic (exact) mass is 306 g/mol. The van der Waals surface area contributed by atoms with Gasteiger partial charge in [-0.2, -0.15) is 10.2 Å². The van der Waals surface area contributed by atoms with E-state index in [4.69, 9.17) is 16.7 Å². The number of nitrogens with one attached hydrogen (secondary N) is 1. The van der Waals surface area contributed by atoms with Gasteiger partial charge >= 0.3 is 5.97 Å². The van der Waals surface area contributed by atoms with Crippen molar-refractivity contribution in [1.82, 2.24) is 9.78 Å². The normalized spacial score (nSPS) is 11.5. The standard InChI is InChI=1S/C14H15ClN4O2/c1-8(12-7-19(3)18-9(12)2)16-17-10-4-5-13(15)11(6-10)14(20)21/h4-7,17H,1-3H3,(H,20,21)/b16-8-. The Morgan fingerprint density at radius 3 is 2.71 bits per heavy atom. The molecule has 0 atom stereocenters. The molecule has 2 rings (SSSR count). The smallest absolute Gasteiger partial charge is 0.337 e. The number of halogens is 1. The summed E-state index contributed by atoms with van der Waals surface area (Å²) in [5.41, 5.74) is 5.98. The lowest BCUT2D eigenvalue weighted by Crippen LogP contribution is -2.02. The second kappa shape index (κ2) is 5.97. The number of carboxylic acids is 1. The second-order valence-electron chi connectivity index (χ2n) is 4.61. The van der Waals surface area contributed by atoms with Gasteiger partial charge in [-0.15, -0.1) is 0 Å². The molecule has 0 radical (unpaired) electrons. The van der Waals surface area contributed by atoms with Crippen LogP contribution in [0.3, 0.4) is 0 Å². The summed E-state index contributed by atoms with van der Waals surface area (Å²) < 4.78 is 1.72. The molecule has 21 heavy (non-hydrogen) atoms. The zero-order valence-electron chi connectivity index (χ0n) is 11.9. The summed E-state index contributed by atoms with van der Waals surface area (Å²) in [5.74, 6) is -1.08. The van der Waals surface area contributed by atoms with Crippen molar-refractivity contribution in [3.63, 3.8) is 0 Å². The third-order valence-electron chi connectivity index (χ3n) is 2.95. The van der Waals surface area contributed by atoms with Crippen LogP contribution in [0.2, 0.25) is 5.02 Å². The minimum Gasteiger partial charge on any atom is -0.478 e. The Kier molecular flexibility index (Phi) is 4.28. The Morgan fingerprint density at radius 2 is 2.14 bits per heavy atom. The third kappa shape index (κ3) is 3.41. The van der Waals surface area contributed by atoms with Crippen LogP contribution in [0.25, 0.3) is 0 Å². The number of carbonyl (C=O) groups is 1. The molecule has 1 aromatic heterocycles. The maximum absolute atomic E-state index is 11.0. The molecule has 0 bridgehead atoms. The highest BCUT2D eigenvalue weighted by Gasteiger charge is 2.10. The molecule has 0 unspecified atom stereocenters. The van der Waals surface area contributed by atoms with E-state index in [1.165, 1.54) is 12.1 Å². The van der Waals surface area contributed by atoms with Crippen LogP contribution in [0, 0.1) is 6.92 Å². The molecule has 0 aliphatic carbocycles. The summed E-state index contributed by atoms with van der Waals surface area (Å²) in [6, 6.07) is 4.63. The van der Waals surface area contributed by atoms with Gasteiger partial charge < -0.3 is 5.11 Å². The number of hydrazone groups is 1. The van der Waals surface area contributed by atoms with Crippen LogP contribution >= 0.6 is 11.6 Å². The fourth-order valence-electron chi connectivity index (χ4n) is 1.92. The van der Waals surface area contributed by atoms with Crippen molar-refractivity contribution < 1.29 is 9.90 Å². The summed E-state index contributed by atoms with van der Waals surface area (Å²) in [4.78, 5) is 11.0. The van der Waals surface area contributed by atoms with Crippen molar-refractivity contribution in [2.24, 2.45) is 12.1 Å². The summed E-state index contributed by atoms with van der Waals surface area (Å²) in [5, 5.41) is 17.7. The minimum absolute atomic E-state index is 0.0343. The number of aromatic carboxylic acids is 1. The highest BCUT2D eigenvalue weighted by molar-refractivity contribution is 6.33. The number of nitrogens with zero attached hydrogens (tertiary/aromatic N) is 3. The van der Waals surface area contributed by atoms with Gasteiger partial charge in [0.2, 0.25) is 0 Å². The van der Waals surface area contributed by atoms with Gasteiger partial charge in [-0.1, -0.05) is 11.6 Å². The number of aromatic nitrogens is 2. The van der Waals surface area contributed by atoms with Gasteiger partial charge in [0, 0.05) is 18.8 Å². The van der Waals surface area contributed by atoms with Crippen LogP contribution in [0.4, 0.5) is 5.69 Å². The predicted molar refractivity (Wildman–Crippen MR) is 82.2 cm³/mol. The number of carboxylic acid groups (broad SMARTS) is 1. The molecule has 6 nitrogen and oxygen atoms in total. The summed E-state index contributed by atoms with van der Waals surface area (Å²) in [6.07, 6.45) is 1.88. The molecular formula is C14H15ClN4O2. The lowest BCUT2D eigenvalue weighted by molar-refractivity contribution is 0.0697. The molecule has 1 aromatic carbocycles.